The zero-order valence-electron chi connectivity index (χ0n) is 26.7. The summed E-state index contributed by atoms with van der Waals surface area (Å²) in [6, 6.07) is 12.8. The normalized spacial score (nSPS) is 17.1. The molecular weight excluding hydrogens is 557 g/mol. The van der Waals surface area contributed by atoms with Gasteiger partial charge in [0.15, 0.2) is 0 Å². The molecule has 2 aromatic carbocycles. The Morgan fingerprint density at radius 3 is 2.56 bits per heavy atom. The Morgan fingerprint density at radius 2 is 1.91 bits per heavy atom. The van der Waals surface area contributed by atoms with Gasteiger partial charge in [0.2, 0.25) is 0 Å². The molecule has 4 rings (SSSR count). The molecule has 1 unspecified atom stereocenters. The molecule has 0 spiro atoms. The number of likely N-dealkylation sites (tertiary alicyclic amines) is 1. The molecule has 2 aliphatic rings. The molecule has 6 nitrogen and oxygen atoms in total. The summed E-state index contributed by atoms with van der Waals surface area (Å²) in [5.74, 6) is 1.04. The van der Waals surface area contributed by atoms with E-state index in [9.17, 15) is 9.18 Å². The zero-order valence-corrected chi connectivity index (χ0v) is 27.5. The van der Waals surface area contributed by atoms with Gasteiger partial charge in [0, 0.05) is 53.7 Å². The van der Waals surface area contributed by atoms with Gasteiger partial charge in [0.05, 0.1) is 6.04 Å². The molecule has 2 fully saturated rings. The Balaban J connectivity index is 0.000000546. The molecule has 234 valence electrons. The molecule has 0 aromatic heterocycles. The number of amides is 1. The minimum atomic E-state index is -0.162. The fraction of sp³-hybridized carbons (Fsp3) is 0.486. The molecule has 0 saturated carbocycles. The number of hydrogen-bond acceptors (Lipinski definition) is 6. The van der Waals surface area contributed by atoms with Gasteiger partial charge in [-0.15, -0.1) is 0 Å². The number of allylic oxidation sites excluding steroid dienone is 2. The zero-order chi connectivity index (χ0) is 31.2. The summed E-state index contributed by atoms with van der Waals surface area (Å²) in [6.45, 7) is 19.1. The van der Waals surface area contributed by atoms with E-state index in [4.69, 9.17) is 4.99 Å². The van der Waals surface area contributed by atoms with Gasteiger partial charge < -0.3 is 19.8 Å². The van der Waals surface area contributed by atoms with Crippen LogP contribution in [-0.2, 0) is 0 Å². The van der Waals surface area contributed by atoms with Crippen molar-refractivity contribution >= 4 is 35.0 Å². The third-order valence-corrected chi connectivity index (χ3v) is 8.77. The van der Waals surface area contributed by atoms with Crippen molar-refractivity contribution in [1.82, 2.24) is 15.5 Å². The van der Waals surface area contributed by atoms with Gasteiger partial charge >= 0.3 is 0 Å². The maximum atomic E-state index is 13.8. The van der Waals surface area contributed by atoms with Crippen molar-refractivity contribution in [2.24, 2.45) is 4.99 Å². The highest BCUT2D eigenvalue weighted by molar-refractivity contribution is 8.00. The van der Waals surface area contributed by atoms with E-state index in [0.29, 0.717) is 0 Å². The minimum absolute atomic E-state index is 0.0580. The van der Waals surface area contributed by atoms with Crippen LogP contribution in [0.25, 0.3) is 5.70 Å². The van der Waals surface area contributed by atoms with Gasteiger partial charge in [-0.3, -0.25) is 9.79 Å². The van der Waals surface area contributed by atoms with Gasteiger partial charge in [-0.25, -0.2) is 4.39 Å². The third-order valence-electron chi connectivity index (χ3n) is 7.60. The molecule has 43 heavy (non-hydrogen) atoms. The number of benzene rings is 2. The Hall–Kier alpha value is -3.10. The van der Waals surface area contributed by atoms with Crippen LogP contribution in [0.1, 0.15) is 81.3 Å². The molecule has 2 heterocycles. The summed E-state index contributed by atoms with van der Waals surface area (Å²) in [5.41, 5.74) is 6.66. The summed E-state index contributed by atoms with van der Waals surface area (Å²) in [7, 11) is 0. The highest BCUT2D eigenvalue weighted by Crippen LogP contribution is 2.32. The van der Waals surface area contributed by atoms with Crippen molar-refractivity contribution in [2.75, 3.05) is 42.8 Å². The largest absolute Gasteiger partial charge is 0.385 e. The van der Waals surface area contributed by atoms with Crippen LogP contribution >= 0.6 is 11.9 Å². The van der Waals surface area contributed by atoms with Crippen LogP contribution in [0.5, 0.6) is 0 Å². The summed E-state index contributed by atoms with van der Waals surface area (Å²) < 4.78 is 14.5. The molecule has 0 bridgehead atoms. The van der Waals surface area contributed by atoms with Crippen molar-refractivity contribution in [3.63, 3.8) is 0 Å². The average molecular weight is 608 g/mol. The number of aryl methyl sites for hydroxylation is 1. The molecular formula is C35H50FN5OS. The number of rotatable bonds is 12. The van der Waals surface area contributed by atoms with Gasteiger partial charge in [-0.2, -0.15) is 0 Å². The number of carbonyl (C=O) groups is 1. The maximum absolute atomic E-state index is 13.8. The summed E-state index contributed by atoms with van der Waals surface area (Å²) >= 11 is 1.84. The Morgan fingerprint density at radius 1 is 1.12 bits per heavy atom. The smallest absolute Gasteiger partial charge is 0.254 e. The number of anilines is 1. The van der Waals surface area contributed by atoms with Crippen molar-refractivity contribution in [3.8, 4) is 0 Å². The Bertz CT molecular complexity index is 1250. The Kier molecular flexibility index (Phi) is 14.3. The molecule has 2 saturated heterocycles. The van der Waals surface area contributed by atoms with Crippen LogP contribution in [0, 0.1) is 12.7 Å². The van der Waals surface area contributed by atoms with Crippen molar-refractivity contribution in [2.45, 2.75) is 72.8 Å². The lowest BCUT2D eigenvalue weighted by molar-refractivity contribution is 0.0769. The lowest BCUT2D eigenvalue weighted by Crippen LogP contribution is -2.39. The number of nitrogens with one attached hydrogen (secondary N) is 2. The van der Waals surface area contributed by atoms with E-state index in [1.165, 1.54) is 12.1 Å². The van der Waals surface area contributed by atoms with Crippen molar-refractivity contribution in [3.05, 3.63) is 83.3 Å². The summed E-state index contributed by atoms with van der Waals surface area (Å²) in [6.07, 6.45) is 7.32. The van der Waals surface area contributed by atoms with Crippen LogP contribution in [0.4, 0.5) is 10.1 Å². The SMILES string of the molecule is C=C(NCCCNCCC)c1cc(C(=O)N2CCCC2C(C)=N/C(C)=C\C)cc(N2CCCS2)c1.Cc1cccc(F)c1. The van der Waals surface area contributed by atoms with Crippen LogP contribution < -0.4 is 14.9 Å². The second-order valence-electron chi connectivity index (χ2n) is 11.2. The predicted molar refractivity (Wildman–Crippen MR) is 183 cm³/mol. The van der Waals surface area contributed by atoms with Crippen LogP contribution in [0.15, 0.2) is 65.8 Å². The van der Waals surface area contributed by atoms with E-state index < -0.39 is 0 Å². The molecule has 2 aliphatic heterocycles. The highest BCUT2D eigenvalue weighted by atomic mass is 32.2. The van der Waals surface area contributed by atoms with Gasteiger partial charge in [-0.1, -0.05) is 31.7 Å². The molecule has 1 amide bonds. The molecule has 0 radical (unpaired) electrons. The van der Waals surface area contributed by atoms with E-state index >= 15 is 0 Å². The first-order chi connectivity index (χ1) is 20.7. The molecule has 2 N–H and O–H groups in total. The van der Waals surface area contributed by atoms with Crippen LogP contribution in [-0.4, -0.2) is 61.0 Å². The first kappa shape index (κ1) is 34.4. The van der Waals surface area contributed by atoms with E-state index in [1.807, 2.05) is 62.8 Å². The van der Waals surface area contributed by atoms with Gasteiger partial charge in [0.1, 0.15) is 5.82 Å². The Labute approximate surface area is 263 Å². The topological polar surface area (TPSA) is 60.0 Å². The van der Waals surface area contributed by atoms with Gasteiger partial charge in [0.25, 0.3) is 5.91 Å². The highest BCUT2D eigenvalue weighted by Gasteiger charge is 2.32. The third kappa shape index (κ3) is 10.8. The van der Waals surface area contributed by atoms with E-state index in [2.05, 4.69) is 40.6 Å². The second-order valence-corrected chi connectivity index (χ2v) is 12.3. The first-order valence-electron chi connectivity index (χ1n) is 15.6. The van der Waals surface area contributed by atoms with Gasteiger partial charge in [-0.05, 0) is 126 Å². The van der Waals surface area contributed by atoms with Crippen LogP contribution in [0.3, 0.4) is 0 Å². The number of carbonyl (C=O) groups excluding carboxylic acids is 1. The molecule has 2 aromatic rings. The number of nitrogens with zero attached hydrogens (tertiary/aromatic N) is 3. The number of hydrogen-bond donors (Lipinski definition) is 2. The average Bonchev–Trinajstić information content (AvgIpc) is 3.72. The fourth-order valence-corrected chi connectivity index (χ4v) is 6.18. The second kappa shape index (κ2) is 17.9. The predicted octanol–water partition coefficient (Wildman–Crippen LogP) is 7.62. The molecule has 1 atom stereocenters. The van der Waals surface area contributed by atoms with E-state index in [1.54, 1.807) is 6.07 Å². The summed E-state index contributed by atoms with van der Waals surface area (Å²) in [5, 5.41) is 6.91. The van der Waals surface area contributed by atoms with E-state index in [-0.39, 0.29) is 17.8 Å². The fourth-order valence-electron chi connectivity index (χ4n) is 5.19. The van der Waals surface area contributed by atoms with Crippen LogP contribution in [0.2, 0.25) is 0 Å². The lowest BCUT2D eigenvalue weighted by Gasteiger charge is -2.26. The number of halogens is 1. The van der Waals surface area contributed by atoms with Crippen molar-refractivity contribution in [1.29, 1.82) is 0 Å². The first-order valence-corrected chi connectivity index (χ1v) is 16.6. The quantitative estimate of drug-likeness (QED) is 0.148. The number of aliphatic imine (C=N–C) groups is 1. The summed E-state index contributed by atoms with van der Waals surface area (Å²) in [4.78, 5) is 20.5. The van der Waals surface area contributed by atoms with E-state index in [0.717, 1.165) is 110 Å². The maximum Gasteiger partial charge on any atom is 0.254 e. The minimum Gasteiger partial charge on any atom is -0.385 e. The monoisotopic (exact) mass is 607 g/mol. The molecule has 0 aliphatic carbocycles. The molecule has 8 heteroatoms. The van der Waals surface area contributed by atoms with Crippen molar-refractivity contribution < 1.29 is 9.18 Å². The lowest BCUT2D eigenvalue weighted by atomic mass is 10.0. The standard InChI is InChI=1S/C28H43N5OS.C7H7F/c1-6-12-29-13-9-14-30-22(4)24-18-25(20-26(19-24)33-16-10-17-35-33)28(34)32-15-8-11-27(32)23(5)31-21(3)7-2;1-6-3-2-4-7(8)5-6/h7,18-20,27,29-30H,4,6,8-17H2,1-3,5H3;2-5H,1H3/b21-7-,31-23?;.